The lowest BCUT2D eigenvalue weighted by Gasteiger charge is -2.61. The first-order valence-electron chi connectivity index (χ1n) is 13.7. The van der Waals surface area contributed by atoms with Gasteiger partial charge in [-0.25, -0.2) is 4.79 Å². The van der Waals surface area contributed by atoms with Crippen molar-refractivity contribution in [3.8, 4) is 12.3 Å². The molecular weight excluding hydrogens is 426 g/mol. The highest BCUT2D eigenvalue weighted by atomic mass is 16.6. The van der Waals surface area contributed by atoms with Crippen LogP contribution in [0, 0.1) is 58.7 Å². The molecule has 5 nitrogen and oxygen atoms in total. The summed E-state index contributed by atoms with van der Waals surface area (Å²) < 4.78 is 10.6. The van der Waals surface area contributed by atoms with E-state index >= 15 is 0 Å². The number of methoxy groups -OCH3 is 1. The van der Waals surface area contributed by atoms with E-state index < -0.39 is 0 Å². The van der Waals surface area contributed by atoms with Crippen LogP contribution in [0.1, 0.15) is 91.4 Å². The van der Waals surface area contributed by atoms with Crippen molar-refractivity contribution in [2.24, 2.45) is 46.3 Å². The molecule has 0 aromatic rings. The van der Waals surface area contributed by atoms with E-state index in [-0.39, 0.29) is 24.7 Å². The molecule has 34 heavy (non-hydrogen) atoms. The van der Waals surface area contributed by atoms with Crippen LogP contribution >= 0.6 is 0 Å². The topological polar surface area (TPSA) is 64.6 Å². The van der Waals surface area contributed by atoms with Crippen LogP contribution in [0.4, 0.5) is 4.79 Å². The van der Waals surface area contributed by atoms with Crippen LogP contribution in [0.25, 0.3) is 0 Å². The maximum Gasteiger partial charge on any atom is 0.408 e. The molecule has 5 heteroatoms. The Morgan fingerprint density at radius 3 is 2.53 bits per heavy atom. The maximum absolute atomic E-state index is 12.0. The molecule has 0 aromatic carbocycles. The second kappa shape index (κ2) is 10.1. The summed E-state index contributed by atoms with van der Waals surface area (Å²) >= 11 is 0. The quantitative estimate of drug-likeness (QED) is 0.383. The van der Waals surface area contributed by atoms with Gasteiger partial charge in [-0.15, -0.1) is 6.42 Å². The van der Waals surface area contributed by atoms with Crippen molar-refractivity contribution in [2.75, 3.05) is 13.7 Å². The average Bonchev–Trinajstić information content (AvgIpc) is 3.18. The van der Waals surface area contributed by atoms with E-state index in [4.69, 9.17) is 15.9 Å². The molecule has 4 saturated carbocycles. The van der Waals surface area contributed by atoms with Gasteiger partial charge in [0.15, 0.2) is 0 Å². The molecule has 4 rings (SSSR count). The Bertz CT molecular complexity index is 804. The average molecular weight is 472 g/mol. The predicted molar refractivity (Wildman–Crippen MR) is 133 cm³/mol. The first-order valence-corrected chi connectivity index (χ1v) is 13.7. The summed E-state index contributed by atoms with van der Waals surface area (Å²) in [4.78, 5) is 23.7. The predicted octanol–water partition coefficient (Wildman–Crippen LogP) is 5.96. The van der Waals surface area contributed by atoms with E-state index in [1.807, 2.05) is 0 Å². The second-order valence-corrected chi connectivity index (χ2v) is 12.3. The van der Waals surface area contributed by atoms with Crippen molar-refractivity contribution in [3.05, 3.63) is 0 Å². The maximum atomic E-state index is 12.0. The lowest BCUT2D eigenvalue weighted by molar-refractivity contribution is -0.141. The van der Waals surface area contributed by atoms with Gasteiger partial charge >= 0.3 is 12.1 Å². The highest BCUT2D eigenvalue weighted by molar-refractivity contribution is 5.69. The zero-order valence-electron chi connectivity index (χ0n) is 21.7. The van der Waals surface area contributed by atoms with Gasteiger partial charge in [0, 0.05) is 6.42 Å². The monoisotopic (exact) mass is 471 g/mol. The summed E-state index contributed by atoms with van der Waals surface area (Å²) in [5.41, 5.74) is 0.781. The summed E-state index contributed by atoms with van der Waals surface area (Å²) in [5, 5.41) is 2.64. The minimum absolute atomic E-state index is 0.0211. The van der Waals surface area contributed by atoms with Crippen molar-refractivity contribution in [3.63, 3.8) is 0 Å². The van der Waals surface area contributed by atoms with Crippen molar-refractivity contribution >= 4 is 12.1 Å². The first-order chi connectivity index (χ1) is 16.2. The standard InChI is InChI=1S/C29H45NO4/c1-6-17-30-27(32)34-21-13-15-28(3)20(18-21)8-9-22-24-11-10-23(19(2)7-12-26(31)33-5)29(24,4)16-14-25(22)28/h1,19-25H,7-18H2,2-5H3,(H,30,32)/t19-,20?,21-,22?,23-,24?,25?,28+,29-/m1/s1. The molecule has 9 atom stereocenters. The van der Waals surface area contributed by atoms with Crippen LogP contribution in [0.5, 0.6) is 0 Å². The largest absolute Gasteiger partial charge is 0.469 e. The number of terminal acetylenes is 1. The fourth-order valence-electron chi connectivity index (χ4n) is 9.27. The fourth-order valence-corrected chi connectivity index (χ4v) is 9.27. The van der Waals surface area contributed by atoms with Crippen LogP contribution in [-0.4, -0.2) is 31.8 Å². The summed E-state index contributed by atoms with van der Waals surface area (Å²) in [6.45, 7) is 7.72. The van der Waals surface area contributed by atoms with Gasteiger partial charge in [-0.1, -0.05) is 26.7 Å². The number of rotatable bonds is 6. The smallest absolute Gasteiger partial charge is 0.408 e. The van der Waals surface area contributed by atoms with Gasteiger partial charge in [0.05, 0.1) is 13.7 Å². The first kappa shape index (κ1) is 25.4. The van der Waals surface area contributed by atoms with Crippen LogP contribution < -0.4 is 5.32 Å². The number of alkyl carbamates (subject to hydrolysis) is 1. The number of hydrogen-bond donors (Lipinski definition) is 1. The molecule has 190 valence electrons. The van der Waals surface area contributed by atoms with Crippen molar-refractivity contribution < 1.29 is 19.1 Å². The lowest BCUT2D eigenvalue weighted by Crippen LogP contribution is -2.54. The SMILES string of the molecule is C#CCNC(=O)O[C@@H]1CC[C@@]2(C)C(CCC3C2CC[C@@]2(C)C3CC[C@@H]2[C@H](C)CCC(=O)OC)C1. The van der Waals surface area contributed by atoms with Crippen LogP contribution in [0.2, 0.25) is 0 Å². The Balaban J connectivity index is 1.40. The molecule has 0 aromatic heterocycles. The van der Waals surface area contributed by atoms with Crippen molar-refractivity contribution in [2.45, 2.75) is 97.5 Å². The third-order valence-electron chi connectivity index (χ3n) is 11.0. The molecule has 0 radical (unpaired) electrons. The molecule has 1 amide bonds. The van der Waals surface area contributed by atoms with Gasteiger partial charge in [0.1, 0.15) is 6.10 Å². The molecule has 0 aliphatic heterocycles. The summed E-state index contributed by atoms with van der Waals surface area (Å²) in [5.74, 6) is 6.74. The zero-order valence-corrected chi connectivity index (χ0v) is 21.7. The number of esters is 1. The van der Waals surface area contributed by atoms with E-state index in [0.717, 1.165) is 49.4 Å². The minimum atomic E-state index is -0.369. The summed E-state index contributed by atoms with van der Waals surface area (Å²) in [6.07, 6.45) is 17.4. The molecule has 0 spiro atoms. The summed E-state index contributed by atoms with van der Waals surface area (Å²) in [6, 6.07) is 0. The molecule has 0 saturated heterocycles. The molecule has 0 heterocycles. The van der Waals surface area contributed by atoms with Crippen molar-refractivity contribution in [1.82, 2.24) is 5.32 Å². The van der Waals surface area contributed by atoms with Gasteiger partial charge in [0.25, 0.3) is 0 Å². The Morgan fingerprint density at radius 2 is 1.79 bits per heavy atom. The summed E-state index contributed by atoms with van der Waals surface area (Å²) in [7, 11) is 1.49. The van der Waals surface area contributed by atoms with Crippen molar-refractivity contribution in [1.29, 1.82) is 0 Å². The molecule has 0 bridgehead atoms. The van der Waals surface area contributed by atoms with Crippen LogP contribution in [0.15, 0.2) is 0 Å². The number of carbonyl (C=O) groups is 2. The number of hydrogen-bond acceptors (Lipinski definition) is 4. The molecule has 1 N–H and O–H groups in total. The Labute approximate surface area is 206 Å². The lowest BCUT2D eigenvalue weighted by atomic mass is 9.44. The molecule has 4 aliphatic carbocycles. The van der Waals surface area contributed by atoms with Gasteiger partial charge in [-0.2, -0.15) is 0 Å². The van der Waals surface area contributed by atoms with Gasteiger partial charge < -0.3 is 14.8 Å². The normalized spacial score (nSPS) is 41.7. The molecule has 4 aliphatic rings. The molecule has 4 fully saturated rings. The Hall–Kier alpha value is -1.70. The minimum Gasteiger partial charge on any atom is -0.469 e. The van der Waals surface area contributed by atoms with E-state index in [1.54, 1.807) is 0 Å². The third-order valence-corrected chi connectivity index (χ3v) is 11.0. The number of ether oxygens (including phenoxy) is 2. The number of fused-ring (bicyclic) bond motifs is 5. The van der Waals surface area contributed by atoms with Crippen LogP contribution in [-0.2, 0) is 14.3 Å². The van der Waals surface area contributed by atoms with Gasteiger partial charge in [-0.05, 0) is 111 Å². The van der Waals surface area contributed by atoms with Crippen LogP contribution in [0.3, 0.4) is 0 Å². The number of nitrogens with one attached hydrogen (secondary N) is 1. The highest BCUT2D eigenvalue weighted by Crippen LogP contribution is 2.68. The highest BCUT2D eigenvalue weighted by Gasteiger charge is 2.60. The number of amides is 1. The van der Waals surface area contributed by atoms with E-state index in [2.05, 4.69) is 32.0 Å². The molecular formula is C29H45NO4. The Morgan fingerprint density at radius 1 is 1.06 bits per heavy atom. The van der Waals surface area contributed by atoms with Gasteiger partial charge in [0.2, 0.25) is 0 Å². The second-order valence-electron chi connectivity index (χ2n) is 12.3. The van der Waals surface area contributed by atoms with E-state index in [0.29, 0.717) is 29.1 Å². The third kappa shape index (κ3) is 4.59. The fraction of sp³-hybridized carbons (Fsp3) is 0.862. The van der Waals surface area contributed by atoms with Gasteiger partial charge in [-0.3, -0.25) is 4.79 Å². The number of carbonyl (C=O) groups excluding carboxylic acids is 2. The molecule has 4 unspecified atom stereocenters. The zero-order chi connectivity index (χ0) is 24.5. The Kier molecular flexibility index (Phi) is 7.56. The van der Waals surface area contributed by atoms with E-state index in [9.17, 15) is 9.59 Å². The van der Waals surface area contributed by atoms with E-state index in [1.165, 1.54) is 45.6 Å².